The molecule has 0 bridgehead atoms. The van der Waals surface area contributed by atoms with Crippen molar-refractivity contribution in [3.8, 4) is 5.69 Å². The first kappa shape index (κ1) is 17.5. The van der Waals surface area contributed by atoms with Crippen molar-refractivity contribution >= 4 is 23.6 Å². The van der Waals surface area contributed by atoms with Gasteiger partial charge >= 0.3 is 0 Å². The van der Waals surface area contributed by atoms with E-state index in [0.29, 0.717) is 23.4 Å². The number of para-hydroxylation sites is 1. The summed E-state index contributed by atoms with van der Waals surface area (Å²) in [6.07, 6.45) is 0. The van der Waals surface area contributed by atoms with Crippen LogP contribution in [-0.2, 0) is 0 Å². The molecule has 0 saturated carbocycles. The van der Waals surface area contributed by atoms with E-state index in [1.54, 1.807) is 24.3 Å². The molecule has 1 aliphatic rings. The highest BCUT2D eigenvalue weighted by Gasteiger charge is 2.34. The summed E-state index contributed by atoms with van der Waals surface area (Å²) in [5.41, 5.74) is 3.11. The van der Waals surface area contributed by atoms with Crippen LogP contribution < -0.4 is 0 Å². The molecule has 6 nitrogen and oxygen atoms in total. The lowest BCUT2D eigenvalue weighted by atomic mass is 10.1. The van der Waals surface area contributed by atoms with Crippen molar-refractivity contribution in [1.82, 2.24) is 19.7 Å². The number of thioether (sulfide) groups is 1. The quantitative estimate of drug-likeness (QED) is 0.503. The zero-order valence-electron chi connectivity index (χ0n) is 15.0. The van der Waals surface area contributed by atoms with Crippen LogP contribution in [-0.4, -0.2) is 43.8 Å². The van der Waals surface area contributed by atoms with E-state index in [-0.39, 0.29) is 11.8 Å². The Morgan fingerprint density at radius 2 is 1.52 bits per heavy atom. The number of fused-ring (bicyclic) bond motifs is 1. The monoisotopic (exact) mass is 378 g/mol. The van der Waals surface area contributed by atoms with Crippen LogP contribution in [0.4, 0.5) is 0 Å². The fraction of sp³-hybridized carbons (Fsp3) is 0.200. The number of amides is 2. The highest BCUT2D eigenvalue weighted by molar-refractivity contribution is 7.99. The molecule has 27 heavy (non-hydrogen) atoms. The predicted octanol–water partition coefficient (Wildman–Crippen LogP) is 3.27. The number of aromatic nitrogens is 3. The molecule has 1 aromatic heterocycles. The van der Waals surface area contributed by atoms with Crippen molar-refractivity contribution in [2.24, 2.45) is 0 Å². The summed E-state index contributed by atoms with van der Waals surface area (Å²) in [5, 5.41) is 9.20. The third-order valence-corrected chi connectivity index (χ3v) is 5.48. The number of aryl methyl sites for hydroxylation is 2. The molecule has 136 valence electrons. The topological polar surface area (TPSA) is 68.1 Å². The lowest BCUT2D eigenvalue weighted by Gasteiger charge is -2.14. The summed E-state index contributed by atoms with van der Waals surface area (Å²) in [6.45, 7) is 4.28. The standard InChI is InChI=1S/C20H18N4O2S/c1-13-7-3-6-10-17(13)24-14(2)21-22-20(24)27-12-11-23-18(25)15-8-4-5-9-16(15)19(23)26/h3-10H,11-12H2,1-2H3. The molecule has 4 rings (SSSR count). The maximum absolute atomic E-state index is 12.4. The summed E-state index contributed by atoms with van der Waals surface area (Å²) < 4.78 is 2.00. The fourth-order valence-electron chi connectivity index (χ4n) is 3.20. The third kappa shape index (κ3) is 3.04. The molecule has 1 aliphatic heterocycles. The van der Waals surface area contributed by atoms with Crippen LogP contribution in [0.5, 0.6) is 0 Å². The van der Waals surface area contributed by atoms with Crippen molar-refractivity contribution in [1.29, 1.82) is 0 Å². The minimum atomic E-state index is -0.229. The van der Waals surface area contributed by atoms with Crippen LogP contribution in [0.1, 0.15) is 32.1 Å². The Hall–Kier alpha value is -2.93. The maximum atomic E-state index is 12.4. The van der Waals surface area contributed by atoms with Gasteiger partial charge in [-0.1, -0.05) is 42.1 Å². The Labute approximate surface area is 161 Å². The zero-order chi connectivity index (χ0) is 19.0. The number of nitrogens with zero attached hydrogens (tertiary/aromatic N) is 4. The van der Waals surface area contributed by atoms with E-state index in [2.05, 4.69) is 10.2 Å². The van der Waals surface area contributed by atoms with Crippen molar-refractivity contribution in [2.45, 2.75) is 19.0 Å². The van der Waals surface area contributed by atoms with Gasteiger partial charge in [-0.15, -0.1) is 10.2 Å². The number of benzene rings is 2. The van der Waals surface area contributed by atoms with E-state index in [4.69, 9.17) is 0 Å². The number of imide groups is 1. The molecule has 2 heterocycles. The molecule has 0 saturated heterocycles. The smallest absolute Gasteiger partial charge is 0.261 e. The molecular weight excluding hydrogens is 360 g/mol. The number of hydrogen-bond donors (Lipinski definition) is 0. The summed E-state index contributed by atoms with van der Waals surface area (Å²) in [4.78, 5) is 26.2. The highest BCUT2D eigenvalue weighted by Crippen LogP contribution is 2.26. The third-order valence-electron chi connectivity index (χ3n) is 4.58. The normalized spacial score (nSPS) is 13.3. The Kier molecular flexibility index (Phi) is 4.53. The van der Waals surface area contributed by atoms with E-state index in [1.807, 2.05) is 42.7 Å². The lowest BCUT2D eigenvalue weighted by molar-refractivity contribution is 0.0664. The van der Waals surface area contributed by atoms with Gasteiger partial charge in [0, 0.05) is 12.3 Å². The average Bonchev–Trinajstić information content (AvgIpc) is 3.15. The Morgan fingerprint density at radius 3 is 2.19 bits per heavy atom. The molecule has 7 heteroatoms. The van der Waals surface area contributed by atoms with Crippen LogP contribution in [0.2, 0.25) is 0 Å². The van der Waals surface area contributed by atoms with E-state index < -0.39 is 0 Å². The number of carbonyl (C=O) groups is 2. The molecular formula is C20H18N4O2S. The minimum Gasteiger partial charge on any atom is -0.274 e. The summed E-state index contributed by atoms with van der Waals surface area (Å²) in [6, 6.07) is 15.0. The molecule has 2 amide bonds. The van der Waals surface area contributed by atoms with Gasteiger partial charge in [0.2, 0.25) is 0 Å². The second-order valence-electron chi connectivity index (χ2n) is 6.31. The molecule has 3 aromatic rings. The van der Waals surface area contributed by atoms with E-state index >= 15 is 0 Å². The molecule has 0 unspecified atom stereocenters. The van der Waals surface area contributed by atoms with E-state index in [9.17, 15) is 9.59 Å². The average molecular weight is 378 g/mol. The van der Waals surface area contributed by atoms with Gasteiger partial charge in [-0.25, -0.2) is 0 Å². The highest BCUT2D eigenvalue weighted by atomic mass is 32.2. The van der Waals surface area contributed by atoms with Gasteiger partial charge in [0.1, 0.15) is 5.82 Å². The summed E-state index contributed by atoms with van der Waals surface area (Å²) in [5.74, 6) is 0.892. The van der Waals surface area contributed by atoms with Gasteiger partial charge in [0.05, 0.1) is 16.8 Å². The molecule has 0 aliphatic carbocycles. The largest absolute Gasteiger partial charge is 0.274 e. The summed E-state index contributed by atoms with van der Waals surface area (Å²) >= 11 is 1.48. The summed E-state index contributed by atoms with van der Waals surface area (Å²) in [7, 11) is 0. The van der Waals surface area contributed by atoms with Crippen LogP contribution in [0, 0.1) is 13.8 Å². The maximum Gasteiger partial charge on any atom is 0.261 e. The molecule has 0 radical (unpaired) electrons. The van der Waals surface area contributed by atoms with E-state index in [1.165, 1.54) is 16.7 Å². The first-order valence-electron chi connectivity index (χ1n) is 8.64. The van der Waals surface area contributed by atoms with Gasteiger partial charge in [0.15, 0.2) is 5.16 Å². The molecule has 0 fully saturated rings. The molecule has 2 aromatic carbocycles. The van der Waals surface area contributed by atoms with Crippen LogP contribution in [0.25, 0.3) is 5.69 Å². The SMILES string of the molecule is Cc1ccccc1-n1c(C)nnc1SCCN1C(=O)c2ccccc2C1=O. The fourth-order valence-corrected chi connectivity index (χ4v) is 4.11. The van der Waals surface area contributed by atoms with Crippen LogP contribution in [0.15, 0.2) is 53.7 Å². The van der Waals surface area contributed by atoms with Gasteiger partial charge in [0.25, 0.3) is 11.8 Å². The van der Waals surface area contributed by atoms with Crippen LogP contribution >= 0.6 is 11.8 Å². The zero-order valence-corrected chi connectivity index (χ0v) is 15.9. The number of hydrogen-bond acceptors (Lipinski definition) is 5. The second kappa shape index (κ2) is 7.00. The first-order valence-corrected chi connectivity index (χ1v) is 9.62. The van der Waals surface area contributed by atoms with Crippen molar-refractivity contribution < 1.29 is 9.59 Å². The van der Waals surface area contributed by atoms with Gasteiger partial charge < -0.3 is 0 Å². The number of rotatable bonds is 5. The van der Waals surface area contributed by atoms with Crippen molar-refractivity contribution in [2.75, 3.05) is 12.3 Å². The van der Waals surface area contributed by atoms with Gasteiger partial charge in [-0.05, 0) is 37.6 Å². The van der Waals surface area contributed by atoms with Crippen LogP contribution in [0.3, 0.4) is 0 Å². The van der Waals surface area contributed by atoms with Crippen molar-refractivity contribution in [3.05, 3.63) is 71.0 Å². The lowest BCUT2D eigenvalue weighted by Crippen LogP contribution is -2.31. The minimum absolute atomic E-state index is 0.229. The Morgan fingerprint density at radius 1 is 0.889 bits per heavy atom. The Bertz CT molecular complexity index is 1010. The molecule has 0 spiro atoms. The van der Waals surface area contributed by atoms with E-state index in [0.717, 1.165) is 22.2 Å². The molecule has 0 N–H and O–H groups in total. The predicted molar refractivity (Wildman–Crippen MR) is 103 cm³/mol. The van der Waals surface area contributed by atoms with Crippen molar-refractivity contribution in [3.63, 3.8) is 0 Å². The number of carbonyl (C=O) groups excluding carboxylic acids is 2. The Balaban J connectivity index is 1.49. The first-order chi connectivity index (χ1) is 13.1. The van der Waals surface area contributed by atoms with Gasteiger partial charge in [-0.3, -0.25) is 19.1 Å². The van der Waals surface area contributed by atoms with Gasteiger partial charge in [-0.2, -0.15) is 0 Å². The second-order valence-corrected chi connectivity index (χ2v) is 7.37. The molecule has 0 atom stereocenters.